The lowest BCUT2D eigenvalue weighted by atomic mass is 9.89. The second kappa shape index (κ2) is 23.6. The Morgan fingerprint density at radius 2 is 1.70 bits per heavy atom. The number of carbonyl (C=O) groups excluding carboxylic acids is 3. The molecular formula is C41H47F3N6O10S. The van der Waals surface area contributed by atoms with Crippen molar-refractivity contribution in [3.8, 4) is 6.07 Å². The summed E-state index contributed by atoms with van der Waals surface area (Å²) in [5.74, 6) is -3.88. The Morgan fingerprint density at radius 1 is 0.984 bits per heavy atom. The number of halogens is 3. The van der Waals surface area contributed by atoms with Crippen LogP contribution in [-0.2, 0) is 50.2 Å². The molecular weight excluding hydrogens is 826 g/mol. The van der Waals surface area contributed by atoms with Crippen molar-refractivity contribution in [1.82, 2.24) is 24.6 Å². The number of aromatic nitrogens is 3. The summed E-state index contributed by atoms with van der Waals surface area (Å²) < 4.78 is 78.4. The van der Waals surface area contributed by atoms with Crippen molar-refractivity contribution in [2.45, 2.75) is 48.7 Å². The molecule has 0 amide bonds. The number of aliphatic hydroxyl groups excluding tert-OH is 1. The molecule has 1 N–H and O–H groups in total. The number of ether oxygens (including phenoxy) is 6. The highest BCUT2D eigenvalue weighted by atomic mass is 32.2. The van der Waals surface area contributed by atoms with Gasteiger partial charge in [0, 0.05) is 61.7 Å². The zero-order valence-electron chi connectivity index (χ0n) is 33.4. The summed E-state index contributed by atoms with van der Waals surface area (Å²) in [6.07, 6.45) is 6.21. The number of nitriles is 1. The van der Waals surface area contributed by atoms with Gasteiger partial charge in [-0.25, -0.2) is 27.6 Å². The minimum atomic E-state index is -1.92. The second-order valence-corrected chi connectivity index (χ2v) is 15.5. The fourth-order valence-electron chi connectivity index (χ4n) is 6.46. The Kier molecular flexibility index (Phi) is 18.1. The predicted molar refractivity (Wildman–Crippen MR) is 213 cm³/mol. The molecule has 3 heterocycles. The van der Waals surface area contributed by atoms with Crippen molar-refractivity contribution < 1.29 is 61.1 Å². The number of carbonyl (C=O) groups is 3. The molecule has 0 spiro atoms. The molecule has 5 rings (SSSR count). The first-order valence-electron chi connectivity index (χ1n) is 19.4. The Morgan fingerprint density at radius 3 is 2.36 bits per heavy atom. The summed E-state index contributed by atoms with van der Waals surface area (Å²) in [6.45, 7) is 5.35. The van der Waals surface area contributed by atoms with Crippen LogP contribution < -0.4 is 0 Å². The molecule has 61 heavy (non-hydrogen) atoms. The van der Waals surface area contributed by atoms with E-state index in [2.05, 4.69) is 19.9 Å². The van der Waals surface area contributed by atoms with Crippen LogP contribution in [-0.4, -0.2) is 137 Å². The summed E-state index contributed by atoms with van der Waals surface area (Å²) in [5.41, 5.74) is -1.62. The number of allylic oxidation sites excluding steroid dienone is 2. The van der Waals surface area contributed by atoms with Gasteiger partial charge in [0.25, 0.3) is 0 Å². The Balaban J connectivity index is 1.14. The predicted octanol–water partition coefficient (Wildman–Crippen LogP) is 4.18. The largest absolute Gasteiger partial charge is 0.512 e. The van der Waals surface area contributed by atoms with E-state index in [1.54, 1.807) is 25.2 Å². The van der Waals surface area contributed by atoms with Crippen LogP contribution in [0.2, 0.25) is 0 Å². The molecule has 328 valence electrons. The number of esters is 2. The van der Waals surface area contributed by atoms with Gasteiger partial charge >= 0.3 is 18.1 Å². The number of nitrogens with zero attached hydrogens (tertiary/aromatic N) is 6. The minimum absolute atomic E-state index is 0.102. The maximum atomic E-state index is 15.7. The summed E-state index contributed by atoms with van der Waals surface area (Å²) in [6, 6.07) is 8.84. The van der Waals surface area contributed by atoms with E-state index < -0.39 is 59.5 Å². The van der Waals surface area contributed by atoms with Gasteiger partial charge in [-0.2, -0.15) is 10.4 Å². The van der Waals surface area contributed by atoms with Gasteiger partial charge in [0.2, 0.25) is 6.79 Å². The molecule has 2 unspecified atom stereocenters. The molecule has 2 aliphatic heterocycles. The van der Waals surface area contributed by atoms with Crippen LogP contribution in [0, 0.1) is 28.8 Å². The molecule has 0 saturated carbocycles. The fraction of sp³-hybridized carbons (Fsp3) is 0.463. The van der Waals surface area contributed by atoms with E-state index in [0.717, 1.165) is 44.4 Å². The zero-order valence-corrected chi connectivity index (χ0v) is 34.2. The monoisotopic (exact) mass is 872 g/mol. The highest BCUT2D eigenvalue weighted by molar-refractivity contribution is 8.00. The summed E-state index contributed by atoms with van der Waals surface area (Å²) in [7, 11) is 0. The van der Waals surface area contributed by atoms with Crippen LogP contribution in [0.3, 0.4) is 0 Å². The smallest absolute Gasteiger partial charge is 0.464 e. The van der Waals surface area contributed by atoms with E-state index in [9.17, 15) is 23.2 Å². The number of β-amino-alcohol motifs (C(OH)–C–C–N with tert-alkyl or cyclic N) is 1. The van der Waals surface area contributed by atoms with E-state index in [1.165, 1.54) is 47.3 Å². The molecule has 0 radical (unpaired) electrons. The van der Waals surface area contributed by atoms with Crippen LogP contribution in [0.25, 0.3) is 6.08 Å². The fourth-order valence-corrected chi connectivity index (χ4v) is 7.82. The number of hydrogen-bond donors (Lipinski definition) is 1. The quantitative estimate of drug-likeness (QED) is 0.0737. The van der Waals surface area contributed by atoms with Crippen LogP contribution in [0.5, 0.6) is 0 Å². The molecule has 2 aliphatic rings. The second-order valence-electron chi connectivity index (χ2n) is 13.9. The lowest BCUT2D eigenvalue weighted by molar-refractivity contribution is -0.158. The molecule has 2 aromatic carbocycles. The number of hydrogen-bond acceptors (Lipinski definition) is 16. The van der Waals surface area contributed by atoms with E-state index in [-0.39, 0.29) is 62.2 Å². The molecule has 2 saturated heterocycles. The van der Waals surface area contributed by atoms with Gasteiger partial charge in [0.1, 0.15) is 36.7 Å². The maximum Gasteiger partial charge on any atom is 0.512 e. The first kappa shape index (κ1) is 46.8. The zero-order chi connectivity index (χ0) is 43.6. The van der Waals surface area contributed by atoms with Crippen LogP contribution in [0.4, 0.5) is 18.0 Å². The normalized spacial score (nSPS) is 19.0. The number of thioether (sulfide) groups is 1. The number of piperazine rings is 1. The highest BCUT2D eigenvalue weighted by Crippen LogP contribution is 2.42. The van der Waals surface area contributed by atoms with Crippen molar-refractivity contribution >= 4 is 35.9 Å². The summed E-state index contributed by atoms with van der Waals surface area (Å²) in [4.78, 5) is 46.2. The van der Waals surface area contributed by atoms with Gasteiger partial charge in [-0.15, -0.1) is 11.8 Å². The van der Waals surface area contributed by atoms with Gasteiger partial charge in [-0.3, -0.25) is 19.4 Å². The first-order chi connectivity index (χ1) is 29.5. The summed E-state index contributed by atoms with van der Waals surface area (Å²) in [5, 5.41) is 20.9. The molecule has 0 aliphatic carbocycles. The lowest BCUT2D eigenvalue weighted by Crippen LogP contribution is -2.48. The number of aliphatic hydroxyl groups is 1. The van der Waals surface area contributed by atoms with Gasteiger partial charge in [0.05, 0.1) is 56.1 Å². The van der Waals surface area contributed by atoms with Gasteiger partial charge in [-0.1, -0.05) is 24.3 Å². The van der Waals surface area contributed by atoms with Crippen molar-refractivity contribution in [2.75, 3.05) is 72.5 Å². The van der Waals surface area contributed by atoms with E-state index in [0.29, 0.717) is 24.7 Å². The average Bonchev–Trinajstić information content (AvgIpc) is 3.76. The highest BCUT2D eigenvalue weighted by Gasteiger charge is 2.47. The van der Waals surface area contributed by atoms with Crippen molar-refractivity contribution in [3.63, 3.8) is 0 Å². The molecule has 16 nitrogen and oxygen atoms in total. The Bertz CT molecular complexity index is 2010. The SMILES string of the molecule is CC(SC1COC(C=CC=Cc2ccc(C#N)cc2F)OC1)C(Cn1cncn1)(OC(=O)OCOC(=O)CCC(=O)OCCN1CCN(CCO)CC1)c1ccc(F)cc1F. The third-order valence-corrected chi connectivity index (χ3v) is 11.2. The van der Waals surface area contributed by atoms with Crippen LogP contribution in [0.1, 0.15) is 36.5 Å². The topological polar surface area (TPSA) is 188 Å². The van der Waals surface area contributed by atoms with Crippen LogP contribution >= 0.6 is 11.8 Å². The van der Waals surface area contributed by atoms with Gasteiger partial charge < -0.3 is 33.5 Å². The van der Waals surface area contributed by atoms with Crippen molar-refractivity contribution in [2.24, 2.45) is 0 Å². The third-order valence-electron chi connectivity index (χ3n) is 9.73. The maximum absolute atomic E-state index is 15.7. The number of benzene rings is 2. The first-order valence-corrected chi connectivity index (χ1v) is 20.4. The Labute approximate surface area is 354 Å². The number of rotatable bonds is 20. The Hall–Kier alpha value is -5.30. The standard InChI is InChI=1S/C41H47F3N6O10S/c1-29(61-33-23-56-39(57-24-33)5-3-2-4-31-7-6-30(22-45)20-35(31)43)41(25-50-27-46-26-47-50,34-9-8-32(42)21-36(34)44)60-40(54)59-28-58-38(53)11-10-37(52)55-19-17-49-14-12-48(13-15-49)16-18-51/h2-9,20-21,26-27,29,33,39,51H,10-19,23-25,28H2,1H3. The van der Waals surface area contributed by atoms with Crippen LogP contribution in [0.15, 0.2) is 67.3 Å². The molecule has 1 aromatic heterocycles. The summed E-state index contributed by atoms with van der Waals surface area (Å²) >= 11 is 1.24. The van der Waals surface area contributed by atoms with E-state index in [1.807, 2.05) is 6.07 Å². The molecule has 3 aromatic rings. The third kappa shape index (κ3) is 14.4. The van der Waals surface area contributed by atoms with Gasteiger partial charge in [-0.05, 0) is 37.3 Å². The lowest BCUT2D eigenvalue weighted by Gasteiger charge is -2.40. The van der Waals surface area contributed by atoms with Gasteiger partial charge in [0.15, 0.2) is 11.9 Å². The van der Waals surface area contributed by atoms with Crippen molar-refractivity contribution in [3.05, 3.63) is 101 Å². The molecule has 2 fully saturated rings. The van der Waals surface area contributed by atoms with Crippen molar-refractivity contribution in [1.29, 1.82) is 5.26 Å². The molecule has 20 heteroatoms. The minimum Gasteiger partial charge on any atom is -0.464 e. The molecule has 0 bridgehead atoms. The van der Waals surface area contributed by atoms with E-state index >= 15 is 4.39 Å². The average molecular weight is 873 g/mol. The van der Waals surface area contributed by atoms with E-state index in [4.69, 9.17) is 38.8 Å². The molecule has 2 atom stereocenters.